The van der Waals surface area contributed by atoms with Crippen molar-refractivity contribution < 1.29 is 4.74 Å². The van der Waals surface area contributed by atoms with Crippen molar-refractivity contribution in [1.82, 2.24) is 5.32 Å². The van der Waals surface area contributed by atoms with Crippen LogP contribution < -0.4 is 10.1 Å². The van der Waals surface area contributed by atoms with Gasteiger partial charge < -0.3 is 10.1 Å². The Bertz CT molecular complexity index is 626. The number of aryl methyl sites for hydroxylation is 1. The zero-order valence-corrected chi connectivity index (χ0v) is 15.2. The lowest BCUT2D eigenvalue weighted by Crippen LogP contribution is -2.15. The Hall–Kier alpha value is -1.22. The summed E-state index contributed by atoms with van der Waals surface area (Å²) in [7, 11) is 0. The lowest BCUT2D eigenvalue weighted by Gasteiger charge is -2.15. The van der Waals surface area contributed by atoms with Gasteiger partial charge >= 0.3 is 0 Å². The number of hydrogen-bond donors (Lipinski definition) is 1. The molecule has 124 valence electrons. The minimum atomic E-state index is 0.490. The van der Waals surface area contributed by atoms with Gasteiger partial charge in [0.1, 0.15) is 12.4 Å². The first-order valence-electron chi connectivity index (χ1n) is 7.97. The molecule has 2 rings (SSSR count). The highest BCUT2D eigenvalue weighted by atomic mass is 35.5. The van der Waals surface area contributed by atoms with Crippen LogP contribution in [0.25, 0.3) is 0 Å². The molecule has 23 heavy (non-hydrogen) atoms. The number of unbranched alkanes of at least 4 members (excludes halogenated alkanes) is 1. The summed E-state index contributed by atoms with van der Waals surface area (Å²) in [5.74, 6) is 0.709. The number of hydrogen-bond acceptors (Lipinski definition) is 2. The minimum Gasteiger partial charge on any atom is -0.487 e. The molecule has 0 radical (unpaired) electrons. The summed E-state index contributed by atoms with van der Waals surface area (Å²) >= 11 is 12.5. The van der Waals surface area contributed by atoms with Crippen LogP contribution in [0.4, 0.5) is 0 Å². The van der Waals surface area contributed by atoms with E-state index in [4.69, 9.17) is 27.9 Å². The fraction of sp³-hybridized carbons (Fsp3) is 0.368. The van der Waals surface area contributed by atoms with E-state index in [2.05, 4.69) is 43.4 Å². The van der Waals surface area contributed by atoms with Gasteiger partial charge in [0.2, 0.25) is 0 Å². The normalized spacial score (nSPS) is 10.8. The summed E-state index contributed by atoms with van der Waals surface area (Å²) in [6, 6.07) is 11.9. The quantitative estimate of drug-likeness (QED) is 0.609. The van der Waals surface area contributed by atoms with E-state index in [-0.39, 0.29) is 0 Å². The molecule has 0 aliphatic heterocycles. The number of nitrogens with one attached hydrogen (secondary N) is 1. The van der Waals surface area contributed by atoms with Crippen LogP contribution in [-0.2, 0) is 13.2 Å². The maximum absolute atomic E-state index is 6.33. The van der Waals surface area contributed by atoms with Crippen LogP contribution >= 0.6 is 23.2 Å². The molecule has 0 heterocycles. The van der Waals surface area contributed by atoms with Crippen molar-refractivity contribution in [2.75, 3.05) is 6.54 Å². The lowest BCUT2D eigenvalue weighted by atomic mass is 10.1. The van der Waals surface area contributed by atoms with Gasteiger partial charge in [-0.15, -0.1) is 0 Å². The lowest BCUT2D eigenvalue weighted by molar-refractivity contribution is 0.302. The summed E-state index contributed by atoms with van der Waals surface area (Å²) in [5, 5.41) is 4.59. The van der Waals surface area contributed by atoms with Gasteiger partial charge in [-0.3, -0.25) is 0 Å². The third kappa shape index (κ3) is 5.72. The van der Waals surface area contributed by atoms with Gasteiger partial charge in [0.05, 0.1) is 5.02 Å². The highest BCUT2D eigenvalue weighted by Gasteiger charge is 2.11. The molecule has 0 aliphatic carbocycles. The van der Waals surface area contributed by atoms with Crippen molar-refractivity contribution in [3.8, 4) is 5.75 Å². The SMILES string of the molecule is CCCCNCc1cc(Cl)cc(Cl)c1OCc1ccc(C)cc1. The van der Waals surface area contributed by atoms with Crippen LogP contribution in [-0.4, -0.2) is 6.54 Å². The average molecular weight is 352 g/mol. The smallest absolute Gasteiger partial charge is 0.142 e. The molecular formula is C19H23Cl2NO. The van der Waals surface area contributed by atoms with E-state index in [1.165, 1.54) is 12.0 Å². The van der Waals surface area contributed by atoms with Gasteiger partial charge in [0.15, 0.2) is 0 Å². The Morgan fingerprint density at radius 2 is 1.83 bits per heavy atom. The topological polar surface area (TPSA) is 21.3 Å². The molecular weight excluding hydrogens is 329 g/mol. The fourth-order valence-corrected chi connectivity index (χ4v) is 2.86. The van der Waals surface area contributed by atoms with E-state index >= 15 is 0 Å². The first-order chi connectivity index (χ1) is 11.1. The zero-order chi connectivity index (χ0) is 16.7. The van der Waals surface area contributed by atoms with Gasteiger partial charge in [0, 0.05) is 17.1 Å². The molecule has 0 saturated carbocycles. The maximum atomic E-state index is 6.33. The van der Waals surface area contributed by atoms with Crippen molar-refractivity contribution in [2.45, 2.75) is 39.8 Å². The molecule has 0 aromatic heterocycles. The van der Waals surface area contributed by atoms with E-state index in [0.717, 1.165) is 24.1 Å². The van der Waals surface area contributed by atoms with Crippen molar-refractivity contribution in [1.29, 1.82) is 0 Å². The first kappa shape index (κ1) is 18.1. The van der Waals surface area contributed by atoms with Gasteiger partial charge in [-0.05, 0) is 37.6 Å². The molecule has 0 saturated heterocycles. The molecule has 0 atom stereocenters. The van der Waals surface area contributed by atoms with E-state index in [1.807, 2.05) is 6.07 Å². The van der Waals surface area contributed by atoms with E-state index < -0.39 is 0 Å². The van der Waals surface area contributed by atoms with Crippen LogP contribution in [0, 0.1) is 6.92 Å². The first-order valence-corrected chi connectivity index (χ1v) is 8.72. The summed E-state index contributed by atoms with van der Waals surface area (Å²) in [6.45, 7) is 6.40. The zero-order valence-electron chi connectivity index (χ0n) is 13.7. The monoisotopic (exact) mass is 351 g/mol. The second-order valence-electron chi connectivity index (χ2n) is 5.68. The molecule has 2 aromatic carbocycles. The Morgan fingerprint density at radius 3 is 2.52 bits per heavy atom. The second kappa shape index (κ2) is 9.17. The third-order valence-electron chi connectivity index (χ3n) is 3.61. The second-order valence-corrected chi connectivity index (χ2v) is 6.52. The van der Waals surface area contributed by atoms with E-state index in [0.29, 0.717) is 28.9 Å². The number of ether oxygens (including phenoxy) is 1. The molecule has 4 heteroatoms. The average Bonchev–Trinajstić information content (AvgIpc) is 2.52. The van der Waals surface area contributed by atoms with Crippen molar-refractivity contribution in [3.63, 3.8) is 0 Å². The van der Waals surface area contributed by atoms with Crippen molar-refractivity contribution in [2.24, 2.45) is 0 Å². The molecule has 0 amide bonds. The molecule has 0 bridgehead atoms. The summed E-state index contributed by atoms with van der Waals surface area (Å²) < 4.78 is 5.98. The molecule has 1 N–H and O–H groups in total. The summed E-state index contributed by atoms with van der Waals surface area (Å²) in [4.78, 5) is 0. The molecule has 2 nitrogen and oxygen atoms in total. The summed E-state index contributed by atoms with van der Waals surface area (Å²) in [6.07, 6.45) is 2.31. The van der Waals surface area contributed by atoms with Gasteiger partial charge in [0.25, 0.3) is 0 Å². The summed E-state index contributed by atoms with van der Waals surface area (Å²) in [5.41, 5.74) is 3.34. The van der Waals surface area contributed by atoms with Crippen LogP contribution in [0.3, 0.4) is 0 Å². The van der Waals surface area contributed by atoms with E-state index in [1.54, 1.807) is 6.07 Å². The molecule has 0 aliphatic rings. The van der Waals surface area contributed by atoms with Crippen molar-refractivity contribution in [3.05, 3.63) is 63.1 Å². The Morgan fingerprint density at radius 1 is 1.09 bits per heavy atom. The predicted octanol–water partition coefficient (Wildman–Crippen LogP) is 5.77. The third-order valence-corrected chi connectivity index (χ3v) is 4.11. The largest absolute Gasteiger partial charge is 0.487 e. The minimum absolute atomic E-state index is 0.490. The highest BCUT2D eigenvalue weighted by Crippen LogP contribution is 2.33. The number of rotatable bonds is 8. The Kier molecular flexibility index (Phi) is 7.22. The number of benzene rings is 2. The standard InChI is InChI=1S/C19H23Cl2NO/c1-3-4-9-22-12-16-10-17(20)11-18(21)19(16)23-13-15-7-5-14(2)6-8-15/h5-8,10-11,22H,3-4,9,12-13H2,1-2H3. The van der Waals surface area contributed by atoms with Crippen LogP contribution in [0.1, 0.15) is 36.5 Å². The van der Waals surface area contributed by atoms with Gasteiger partial charge in [-0.1, -0.05) is 66.4 Å². The molecule has 2 aromatic rings. The molecule has 0 spiro atoms. The Labute approximate surface area is 148 Å². The fourth-order valence-electron chi connectivity index (χ4n) is 2.27. The van der Waals surface area contributed by atoms with Crippen molar-refractivity contribution >= 4 is 23.2 Å². The Balaban J connectivity index is 2.07. The highest BCUT2D eigenvalue weighted by molar-refractivity contribution is 6.35. The molecule has 0 fully saturated rings. The molecule has 0 unspecified atom stereocenters. The predicted molar refractivity (Wildman–Crippen MR) is 98.6 cm³/mol. The maximum Gasteiger partial charge on any atom is 0.142 e. The van der Waals surface area contributed by atoms with Crippen LogP contribution in [0.2, 0.25) is 10.0 Å². The van der Waals surface area contributed by atoms with E-state index in [9.17, 15) is 0 Å². The van der Waals surface area contributed by atoms with Crippen LogP contribution in [0.5, 0.6) is 5.75 Å². The number of halogens is 2. The van der Waals surface area contributed by atoms with Gasteiger partial charge in [-0.25, -0.2) is 0 Å². The van der Waals surface area contributed by atoms with Gasteiger partial charge in [-0.2, -0.15) is 0 Å². The van der Waals surface area contributed by atoms with Crippen LogP contribution in [0.15, 0.2) is 36.4 Å².